The van der Waals surface area contributed by atoms with Gasteiger partial charge in [0.15, 0.2) is 0 Å². The summed E-state index contributed by atoms with van der Waals surface area (Å²) < 4.78 is 33.3. The van der Waals surface area contributed by atoms with Crippen molar-refractivity contribution in [2.45, 2.75) is 30.8 Å². The molecule has 1 heterocycles. The molecule has 29 heavy (non-hydrogen) atoms. The highest BCUT2D eigenvalue weighted by atomic mass is 35.5. The summed E-state index contributed by atoms with van der Waals surface area (Å²) in [6.45, 7) is 3.46. The minimum atomic E-state index is -3.66. The van der Waals surface area contributed by atoms with E-state index >= 15 is 0 Å². The number of rotatable bonds is 7. The van der Waals surface area contributed by atoms with Crippen LogP contribution in [0.2, 0.25) is 5.02 Å². The molecule has 1 saturated heterocycles. The Kier molecular flexibility index (Phi) is 7.29. The van der Waals surface area contributed by atoms with Crippen LogP contribution in [-0.2, 0) is 19.6 Å². The van der Waals surface area contributed by atoms with E-state index in [0.29, 0.717) is 36.7 Å². The zero-order chi connectivity index (χ0) is 20.9. The largest absolute Gasteiger partial charge is 0.370 e. The fourth-order valence-corrected chi connectivity index (χ4v) is 4.87. The number of benzene rings is 2. The van der Waals surface area contributed by atoms with Crippen LogP contribution in [0, 0.1) is 6.92 Å². The molecule has 1 aliphatic rings. The van der Waals surface area contributed by atoms with Gasteiger partial charge in [-0.05, 0) is 36.6 Å². The molecule has 2 aromatic rings. The van der Waals surface area contributed by atoms with Crippen LogP contribution in [0.5, 0.6) is 0 Å². The second kappa shape index (κ2) is 9.71. The highest BCUT2D eigenvalue weighted by molar-refractivity contribution is 7.89. The third-order valence-electron chi connectivity index (χ3n) is 4.89. The van der Waals surface area contributed by atoms with Gasteiger partial charge in [-0.15, -0.1) is 0 Å². The first kappa shape index (κ1) is 21.8. The first-order valence-corrected chi connectivity index (χ1v) is 11.4. The monoisotopic (exact) mass is 436 g/mol. The van der Waals surface area contributed by atoms with E-state index in [-0.39, 0.29) is 29.9 Å². The summed E-state index contributed by atoms with van der Waals surface area (Å²) in [6.07, 6.45) is 0.571. The minimum absolute atomic E-state index is 0.00682. The molecule has 0 saturated carbocycles. The molecule has 0 bridgehead atoms. The number of amides is 1. The molecule has 0 aliphatic carbocycles. The Balaban J connectivity index is 1.49. The maximum atomic E-state index is 12.5. The van der Waals surface area contributed by atoms with Crippen LogP contribution in [0.1, 0.15) is 30.1 Å². The summed E-state index contributed by atoms with van der Waals surface area (Å²) in [7, 11) is -3.66. The van der Waals surface area contributed by atoms with E-state index in [1.54, 1.807) is 24.0 Å². The molecule has 0 aromatic heterocycles. The number of nitrogens with zero attached hydrogens (tertiary/aromatic N) is 1. The number of halogens is 1. The lowest BCUT2D eigenvalue weighted by Gasteiger charge is -2.33. The van der Waals surface area contributed by atoms with Gasteiger partial charge < -0.3 is 9.64 Å². The topological polar surface area (TPSA) is 75.7 Å². The summed E-state index contributed by atoms with van der Waals surface area (Å²) in [5.41, 5.74) is 1.67. The Bertz CT molecular complexity index is 950. The third kappa shape index (κ3) is 5.79. The summed E-state index contributed by atoms with van der Waals surface area (Å²) >= 11 is 5.92. The predicted octanol–water partition coefficient (Wildman–Crippen LogP) is 3.31. The van der Waals surface area contributed by atoms with Gasteiger partial charge >= 0.3 is 0 Å². The second-order valence-electron chi connectivity index (χ2n) is 7.02. The van der Waals surface area contributed by atoms with Crippen molar-refractivity contribution in [3.05, 3.63) is 64.7 Å². The fourth-order valence-electron chi connectivity index (χ4n) is 3.29. The van der Waals surface area contributed by atoms with Crippen molar-refractivity contribution in [1.82, 2.24) is 9.62 Å². The van der Waals surface area contributed by atoms with Crippen LogP contribution in [-0.4, -0.2) is 45.5 Å². The third-order valence-corrected chi connectivity index (χ3v) is 6.73. The van der Waals surface area contributed by atoms with Crippen molar-refractivity contribution in [2.24, 2.45) is 0 Å². The number of hydrogen-bond donors (Lipinski definition) is 1. The van der Waals surface area contributed by atoms with Gasteiger partial charge in [0.25, 0.3) is 0 Å². The van der Waals surface area contributed by atoms with E-state index in [1.807, 2.05) is 30.3 Å². The number of carbonyl (C=O) groups excluding carboxylic acids is 1. The second-order valence-corrected chi connectivity index (χ2v) is 9.19. The van der Waals surface area contributed by atoms with Gasteiger partial charge in [0.05, 0.1) is 18.0 Å². The molecule has 0 spiro atoms. The maximum Gasteiger partial charge on any atom is 0.240 e. The number of carbonyl (C=O) groups is 1. The molecule has 6 nitrogen and oxygen atoms in total. The number of nitrogens with one attached hydrogen (secondary N) is 1. The van der Waals surface area contributed by atoms with Crippen molar-refractivity contribution in [3.8, 4) is 0 Å². The fraction of sp³-hybridized carbons (Fsp3) is 0.381. The average molecular weight is 437 g/mol. The molecule has 1 fully saturated rings. The summed E-state index contributed by atoms with van der Waals surface area (Å²) in [5.74, 6) is 0.00682. The van der Waals surface area contributed by atoms with Crippen LogP contribution in [0.25, 0.3) is 0 Å². The average Bonchev–Trinajstić information content (AvgIpc) is 2.73. The van der Waals surface area contributed by atoms with Crippen molar-refractivity contribution >= 4 is 27.5 Å². The Hall–Kier alpha value is -1.93. The molecular formula is C21H25ClN2O4S. The molecule has 1 atom stereocenters. The molecule has 1 aliphatic heterocycles. The quantitative estimate of drug-likeness (QED) is 0.675. The van der Waals surface area contributed by atoms with Gasteiger partial charge in [-0.2, -0.15) is 0 Å². The molecule has 156 valence electrons. The minimum Gasteiger partial charge on any atom is -0.370 e. The lowest BCUT2D eigenvalue weighted by molar-refractivity contribution is -0.139. The molecule has 1 amide bonds. The molecule has 1 N–H and O–H groups in total. The number of hydrogen-bond acceptors (Lipinski definition) is 4. The first-order valence-electron chi connectivity index (χ1n) is 9.57. The van der Waals surface area contributed by atoms with E-state index in [9.17, 15) is 13.2 Å². The van der Waals surface area contributed by atoms with Crippen molar-refractivity contribution < 1.29 is 17.9 Å². The van der Waals surface area contributed by atoms with E-state index in [0.717, 1.165) is 5.56 Å². The van der Waals surface area contributed by atoms with Crippen molar-refractivity contribution in [3.63, 3.8) is 0 Å². The van der Waals surface area contributed by atoms with Crippen LogP contribution >= 0.6 is 11.6 Å². The Morgan fingerprint density at radius 2 is 2.00 bits per heavy atom. The van der Waals surface area contributed by atoms with Gasteiger partial charge in [0.2, 0.25) is 15.9 Å². The number of ether oxygens (including phenoxy) is 1. The number of aryl methyl sites for hydroxylation is 1. The van der Waals surface area contributed by atoms with E-state index in [2.05, 4.69) is 4.72 Å². The van der Waals surface area contributed by atoms with Gasteiger partial charge in [-0.1, -0.05) is 48.0 Å². The van der Waals surface area contributed by atoms with E-state index in [1.165, 1.54) is 6.07 Å². The summed E-state index contributed by atoms with van der Waals surface area (Å²) in [5, 5.41) is 0.367. The van der Waals surface area contributed by atoms with E-state index < -0.39 is 10.0 Å². The standard InChI is InChI=1S/C21H25ClN2O4S/c1-16-9-10-18(22)14-20(16)29(26,27)23-11-5-8-21(25)24-12-13-28-19(15-24)17-6-3-2-4-7-17/h2-4,6-7,9-10,14,19,23H,5,8,11-13,15H2,1H3. The zero-order valence-corrected chi connectivity index (χ0v) is 17.9. The maximum absolute atomic E-state index is 12.5. The molecule has 8 heteroatoms. The van der Waals surface area contributed by atoms with E-state index in [4.69, 9.17) is 16.3 Å². The lowest BCUT2D eigenvalue weighted by atomic mass is 10.1. The molecular weight excluding hydrogens is 412 g/mol. The van der Waals surface area contributed by atoms with Gasteiger partial charge in [-0.3, -0.25) is 4.79 Å². The highest BCUT2D eigenvalue weighted by Crippen LogP contribution is 2.23. The van der Waals surface area contributed by atoms with Crippen LogP contribution in [0.15, 0.2) is 53.4 Å². The Morgan fingerprint density at radius 1 is 1.24 bits per heavy atom. The summed E-state index contributed by atoms with van der Waals surface area (Å²) in [6, 6.07) is 14.6. The van der Waals surface area contributed by atoms with Crippen molar-refractivity contribution in [2.75, 3.05) is 26.2 Å². The normalized spacial score (nSPS) is 17.3. The SMILES string of the molecule is Cc1ccc(Cl)cc1S(=O)(=O)NCCCC(=O)N1CCOC(c2ccccc2)C1. The Morgan fingerprint density at radius 3 is 2.76 bits per heavy atom. The predicted molar refractivity (Wildman–Crippen MR) is 112 cm³/mol. The van der Waals surface area contributed by atoms with Gasteiger partial charge in [0.1, 0.15) is 6.10 Å². The van der Waals surface area contributed by atoms with Crippen LogP contribution in [0.3, 0.4) is 0 Å². The van der Waals surface area contributed by atoms with Crippen LogP contribution in [0.4, 0.5) is 0 Å². The summed E-state index contributed by atoms with van der Waals surface area (Å²) in [4.78, 5) is 14.5. The number of sulfonamides is 1. The van der Waals surface area contributed by atoms with Gasteiger partial charge in [-0.25, -0.2) is 13.1 Å². The van der Waals surface area contributed by atoms with Crippen LogP contribution < -0.4 is 4.72 Å². The lowest BCUT2D eigenvalue weighted by Crippen LogP contribution is -2.42. The van der Waals surface area contributed by atoms with Crippen molar-refractivity contribution in [1.29, 1.82) is 0 Å². The Labute approximate surface area is 176 Å². The highest BCUT2D eigenvalue weighted by Gasteiger charge is 2.25. The smallest absolute Gasteiger partial charge is 0.240 e. The zero-order valence-electron chi connectivity index (χ0n) is 16.3. The van der Waals surface area contributed by atoms with Gasteiger partial charge in [0, 0.05) is 24.5 Å². The molecule has 3 rings (SSSR count). The molecule has 0 radical (unpaired) electrons. The first-order chi connectivity index (χ1) is 13.9. The molecule has 2 aromatic carbocycles. The number of morpholine rings is 1. The molecule has 1 unspecified atom stereocenters.